The average Bonchev–Trinajstić information content (AvgIpc) is 2.70. The van der Waals surface area contributed by atoms with Gasteiger partial charge in [0.2, 0.25) is 0 Å². The third kappa shape index (κ3) is 5.28. The molecule has 1 amide bonds. The van der Waals surface area contributed by atoms with Crippen LogP contribution in [0.5, 0.6) is 0 Å². The largest absolute Gasteiger partial charge is 0.378 e. The molecule has 1 unspecified atom stereocenters. The van der Waals surface area contributed by atoms with Gasteiger partial charge in [0, 0.05) is 30.0 Å². The van der Waals surface area contributed by atoms with Crippen molar-refractivity contribution in [3.05, 3.63) is 59.9 Å². The van der Waals surface area contributed by atoms with E-state index in [0.717, 1.165) is 48.1 Å². The number of nitrogens with zero attached hydrogens (tertiary/aromatic N) is 1. The summed E-state index contributed by atoms with van der Waals surface area (Å²) in [6.45, 7) is 5.83. The molecule has 2 N–H and O–H groups in total. The van der Waals surface area contributed by atoms with Crippen molar-refractivity contribution in [2.45, 2.75) is 19.5 Å². The molecule has 0 spiro atoms. The Bertz CT molecular complexity index is 743. The van der Waals surface area contributed by atoms with Gasteiger partial charge >= 0.3 is 0 Å². The van der Waals surface area contributed by atoms with Crippen molar-refractivity contribution in [2.24, 2.45) is 0 Å². The molecule has 1 aliphatic rings. The Morgan fingerprint density at radius 1 is 1.15 bits per heavy atom. The number of rotatable bonds is 6. The fourth-order valence-corrected chi connectivity index (χ4v) is 3.13. The second-order valence-electron chi connectivity index (χ2n) is 7.01. The maximum absolute atomic E-state index is 13.0. The summed E-state index contributed by atoms with van der Waals surface area (Å²) in [5.41, 5.74) is 2.94. The van der Waals surface area contributed by atoms with E-state index in [4.69, 9.17) is 4.74 Å². The predicted molar refractivity (Wildman–Crippen MR) is 105 cm³/mol. The predicted octanol–water partition coefficient (Wildman–Crippen LogP) is 1.70. The SMILES string of the molecule is C[C@H](C(=O)Nc1ccc(N2CCOCC2)cc1)[NH+](C)Cc1ccc(F)cc1. The lowest BCUT2D eigenvalue weighted by molar-refractivity contribution is -0.907. The highest BCUT2D eigenvalue weighted by Gasteiger charge is 2.22. The number of halogens is 1. The molecule has 0 aromatic heterocycles. The van der Waals surface area contributed by atoms with Gasteiger partial charge in [-0.15, -0.1) is 0 Å². The fraction of sp³-hybridized carbons (Fsp3) is 0.381. The molecule has 2 aromatic rings. The minimum Gasteiger partial charge on any atom is -0.378 e. The molecule has 2 atom stereocenters. The quantitative estimate of drug-likeness (QED) is 0.812. The number of morpholine rings is 1. The average molecular weight is 372 g/mol. The number of hydrogen-bond donors (Lipinski definition) is 2. The van der Waals surface area contributed by atoms with Gasteiger partial charge < -0.3 is 19.9 Å². The standard InChI is InChI=1S/C21H26FN3O2/c1-16(24(2)15-17-3-5-18(22)6-4-17)21(26)23-19-7-9-20(10-8-19)25-11-13-27-14-12-25/h3-10,16H,11-15H2,1-2H3,(H,23,26)/p+1/t16-/m1/s1. The molecule has 0 radical (unpaired) electrons. The Morgan fingerprint density at radius 3 is 2.41 bits per heavy atom. The maximum Gasteiger partial charge on any atom is 0.282 e. The number of carbonyl (C=O) groups is 1. The van der Waals surface area contributed by atoms with E-state index >= 15 is 0 Å². The topological polar surface area (TPSA) is 46.0 Å². The molecule has 5 nitrogen and oxygen atoms in total. The van der Waals surface area contributed by atoms with Gasteiger partial charge in [-0.25, -0.2) is 4.39 Å². The molecule has 2 aromatic carbocycles. The molecular weight excluding hydrogens is 345 g/mol. The molecule has 144 valence electrons. The van der Waals surface area contributed by atoms with E-state index in [9.17, 15) is 9.18 Å². The van der Waals surface area contributed by atoms with E-state index in [1.165, 1.54) is 12.1 Å². The zero-order chi connectivity index (χ0) is 19.2. The van der Waals surface area contributed by atoms with Gasteiger partial charge in [0.25, 0.3) is 5.91 Å². The van der Waals surface area contributed by atoms with Gasteiger partial charge in [0.1, 0.15) is 12.4 Å². The Balaban J connectivity index is 1.54. The van der Waals surface area contributed by atoms with E-state index in [2.05, 4.69) is 10.2 Å². The molecule has 1 saturated heterocycles. The zero-order valence-electron chi connectivity index (χ0n) is 15.9. The minimum atomic E-state index is -0.247. The molecule has 0 saturated carbocycles. The van der Waals surface area contributed by atoms with Gasteiger partial charge in [-0.05, 0) is 43.3 Å². The van der Waals surface area contributed by atoms with Crippen molar-refractivity contribution in [3.8, 4) is 0 Å². The van der Waals surface area contributed by atoms with Crippen LogP contribution in [0.25, 0.3) is 0 Å². The molecule has 6 heteroatoms. The van der Waals surface area contributed by atoms with Crippen LogP contribution in [0.3, 0.4) is 0 Å². The number of carbonyl (C=O) groups excluding carboxylic acids is 1. The van der Waals surface area contributed by atoms with Crippen LogP contribution < -0.4 is 15.1 Å². The van der Waals surface area contributed by atoms with Crippen molar-refractivity contribution in [2.75, 3.05) is 43.6 Å². The highest BCUT2D eigenvalue weighted by molar-refractivity contribution is 5.93. The van der Waals surface area contributed by atoms with Gasteiger partial charge in [-0.2, -0.15) is 0 Å². The molecule has 27 heavy (non-hydrogen) atoms. The Morgan fingerprint density at radius 2 is 1.78 bits per heavy atom. The Hall–Kier alpha value is -2.44. The Kier molecular flexibility index (Phi) is 6.42. The molecule has 3 rings (SSSR count). The van der Waals surface area contributed by atoms with E-state index in [1.807, 2.05) is 38.2 Å². The zero-order valence-corrected chi connectivity index (χ0v) is 15.9. The van der Waals surface area contributed by atoms with Crippen LogP contribution in [0.15, 0.2) is 48.5 Å². The highest BCUT2D eigenvalue weighted by atomic mass is 19.1. The van der Waals surface area contributed by atoms with Gasteiger partial charge in [-0.3, -0.25) is 4.79 Å². The normalized spacial score (nSPS) is 16.6. The monoisotopic (exact) mass is 372 g/mol. The number of likely N-dealkylation sites (N-methyl/N-ethyl adjacent to an activating group) is 1. The van der Waals surface area contributed by atoms with Crippen LogP contribution in [-0.4, -0.2) is 45.3 Å². The smallest absolute Gasteiger partial charge is 0.282 e. The number of ether oxygens (including phenoxy) is 1. The molecule has 1 heterocycles. The molecular formula is C21H27FN3O2+. The summed E-state index contributed by atoms with van der Waals surface area (Å²) in [5, 5.41) is 2.98. The summed E-state index contributed by atoms with van der Waals surface area (Å²) < 4.78 is 18.4. The van der Waals surface area contributed by atoms with Crippen LogP contribution >= 0.6 is 0 Å². The number of quaternary nitrogens is 1. The fourth-order valence-electron chi connectivity index (χ4n) is 3.13. The van der Waals surface area contributed by atoms with Crippen LogP contribution in [0.4, 0.5) is 15.8 Å². The number of hydrogen-bond acceptors (Lipinski definition) is 3. The van der Waals surface area contributed by atoms with E-state index in [0.29, 0.717) is 6.54 Å². The summed E-state index contributed by atoms with van der Waals surface area (Å²) in [4.78, 5) is 15.9. The van der Waals surface area contributed by atoms with Crippen molar-refractivity contribution >= 4 is 17.3 Å². The second kappa shape index (κ2) is 8.97. The van der Waals surface area contributed by atoms with Crippen molar-refractivity contribution in [3.63, 3.8) is 0 Å². The summed E-state index contributed by atoms with van der Waals surface area (Å²) in [5.74, 6) is -0.281. The summed E-state index contributed by atoms with van der Waals surface area (Å²) in [7, 11) is 1.97. The van der Waals surface area contributed by atoms with Crippen molar-refractivity contribution in [1.82, 2.24) is 0 Å². The van der Waals surface area contributed by atoms with E-state index in [1.54, 1.807) is 12.1 Å². The van der Waals surface area contributed by atoms with E-state index < -0.39 is 0 Å². The van der Waals surface area contributed by atoms with Crippen LogP contribution in [0.1, 0.15) is 12.5 Å². The third-order valence-electron chi connectivity index (χ3n) is 5.04. The lowest BCUT2D eigenvalue weighted by Gasteiger charge is -2.29. The first-order chi connectivity index (χ1) is 13.0. The number of nitrogens with one attached hydrogen (secondary N) is 2. The summed E-state index contributed by atoms with van der Waals surface area (Å²) >= 11 is 0. The minimum absolute atomic E-state index is 0.0336. The van der Waals surface area contributed by atoms with Crippen molar-refractivity contribution in [1.29, 1.82) is 0 Å². The number of anilines is 2. The third-order valence-corrected chi connectivity index (χ3v) is 5.04. The first kappa shape index (κ1) is 19.3. The van der Waals surface area contributed by atoms with Gasteiger partial charge in [0.05, 0.1) is 20.3 Å². The molecule has 0 aliphatic carbocycles. The maximum atomic E-state index is 13.0. The van der Waals surface area contributed by atoms with Crippen LogP contribution in [-0.2, 0) is 16.1 Å². The lowest BCUT2D eigenvalue weighted by atomic mass is 10.1. The first-order valence-corrected chi connectivity index (χ1v) is 9.33. The summed E-state index contributed by atoms with van der Waals surface area (Å²) in [6, 6.07) is 14.1. The summed E-state index contributed by atoms with van der Waals surface area (Å²) in [6.07, 6.45) is 0. The Labute approximate surface area is 159 Å². The van der Waals surface area contributed by atoms with Gasteiger partial charge in [-0.1, -0.05) is 12.1 Å². The van der Waals surface area contributed by atoms with Crippen molar-refractivity contribution < 1.29 is 18.8 Å². The number of benzene rings is 2. The molecule has 1 aliphatic heterocycles. The molecule has 1 fully saturated rings. The number of amides is 1. The lowest BCUT2D eigenvalue weighted by Crippen LogP contribution is -3.12. The van der Waals surface area contributed by atoms with Gasteiger partial charge in [0.15, 0.2) is 6.04 Å². The van der Waals surface area contributed by atoms with E-state index in [-0.39, 0.29) is 17.8 Å². The highest BCUT2D eigenvalue weighted by Crippen LogP contribution is 2.19. The van der Waals surface area contributed by atoms with Crippen LogP contribution in [0.2, 0.25) is 0 Å². The first-order valence-electron chi connectivity index (χ1n) is 9.33. The molecule has 0 bridgehead atoms. The second-order valence-corrected chi connectivity index (χ2v) is 7.01. The van der Waals surface area contributed by atoms with Crippen LogP contribution in [0, 0.1) is 5.82 Å².